The van der Waals surface area contributed by atoms with Crippen LogP contribution < -0.4 is 4.74 Å². The van der Waals surface area contributed by atoms with Gasteiger partial charge in [-0.15, -0.1) is 0 Å². The average Bonchev–Trinajstić information content (AvgIpc) is 2.65. The number of amides is 1. The predicted molar refractivity (Wildman–Crippen MR) is 95.5 cm³/mol. The van der Waals surface area contributed by atoms with E-state index in [-0.39, 0.29) is 6.61 Å². The molecule has 0 radical (unpaired) electrons. The minimum absolute atomic E-state index is 0.285. The maximum Gasteiger partial charge on any atom is 0.416 e. The first kappa shape index (κ1) is 20.6. The Bertz CT molecular complexity index is 718. The summed E-state index contributed by atoms with van der Waals surface area (Å²) in [5.41, 5.74) is 0.141. The summed E-state index contributed by atoms with van der Waals surface area (Å²) >= 11 is 0. The van der Waals surface area contributed by atoms with Crippen LogP contribution in [-0.4, -0.2) is 31.2 Å². The average molecular weight is 381 g/mol. The highest BCUT2D eigenvalue weighted by Gasteiger charge is 2.30. The Balaban J connectivity index is 2.10. The lowest BCUT2D eigenvalue weighted by Gasteiger charge is -2.23. The van der Waals surface area contributed by atoms with Gasteiger partial charge in [0.1, 0.15) is 11.9 Å². The number of hydrogen-bond donors (Lipinski definition) is 0. The number of rotatable bonds is 7. The summed E-state index contributed by atoms with van der Waals surface area (Å²) in [4.78, 5) is 13.2. The highest BCUT2D eigenvalue weighted by molar-refractivity contribution is 5.67. The van der Waals surface area contributed by atoms with Gasteiger partial charge in [-0.2, -0.15) is 13.2 Å². The monoisotopic (exact) mass is 381 g/mol. The van der Waals surface area contributed by atoms with Crippen molar-refractivity contribution in [1.29, 1.82) is 0 Å². The molecule has 0 fully saturated rings. The van der Waals surface area contributed by atoms with Crippen molar-refractivity contribution in [3.63, 3.8) is 0 Å². The Labute approximate surface area is 156 Å². The summed E-state index contributed by atoms with van der Waals surface area (Å²) in [7, 11) is 1.62. The first-order valence-electron chi connectivity index (χ1n) is 8.58. The first-order chi connectivity index (χ1) is 12.8. The zero-order valence-corrected chi connectivity index (χ0v) is 15.2. The van der Waals surface area contributed by atoms with Crippen LogP contribution in [0, 0.1) is 0 Å². The molecule has 4 nitrogen and oxygen atoms in total. The minimum atomic E-state index is -4.39. The van der Waals surface area contributed by atoms with Crippen molar-refractivity contribution in [3.8, 4) is 5.75 Å². The maximum atomic E-state index is 12.7. The van der Waals surface area contributed by atoms with E-state index in [1.54, 1.807) is 14.0 Å². The molecule has 1 amide bonds. The molecule has 2 aromatic carbocycles. The highest BCUT2D eigenvalue weighted by atomic mass is 19.4. The molecule has 0 aliphatic rings. The molecule has 0 unspecified atom stereocenters. The van der Waals surface area contributed by atoms with Gasteiger partial charge in [0, 0.05) is 20.0 Å². The largest absolute Gasteiger partial charge is 0.486 e. The molecule has 0 aliphatic carbocycles. The number of alkyl halides is 3. The third kappa shape index (κ3) is 6.20. The lowest BCUT2D eigenvalue weighted by atomic mass is 10.1. The topological polar surface area (TPSA) is 38.8 Å². The van der Waals surface area contributed by atoms with Crippen molar-refractivity contribution >= 4 is 6.09 Å². The molecule has 146 valence electrons. The lowest BCUT2D eigenvalue weighted by molar-refractivity contribution is -0.137. The van der Waals surface area contributed by atoms with Crippen LogP contribution in [0.2, 0.25) is 0 Å². The van der Waals surface area contributed by atoms with Crippen LogP contribution in [0.3, 0.4) is 0 Å². The number of halogens is 3. The van der Waals surface area contributed by atoms with Gasteiger partial charge in [0.15, 0.2) is 0 Å². The number of benzene rings is 2. The van der Waals surface area contributed by atoms with Crippen LogP contribution in [0.5, 0.6) is 5.75 Å². The molecular weight excluding hydrogens is 359 g/mol. The third-order valence-corrected chi connectivity index (χ3v) is 3.94. The Morgan fingerprint density at radius 1 is 1.07 bits per heavy atom. The van der Waals surface area contributed by atoms with Gasteiger partial charge in [0.25, 0.3) is 0 Å². The van der Waals surface area contributed by atoms with Crippen molar-refractivity contribution in [3.05, 3.63) is 65.7 Å². The first-order valence-corrected chi connectivity index (χ1v) is 8.58. The molecular formula is C20H22F3NO3. The van der Waals surface area contributed by atoms with E-state index in [0.717, 1.165) is 17.7 Å². The van der Waals surface area contributed by atoms with Crippen molar-refractivity contribution in [2.75, 3.05) is 20.2 Å². The molecule has 0 N–H and O–H groups in total. The van der Waals surface area contributed by atoms with Gasteiger partial charge in [0.05, 0.1) is 12.2 Å². The number of ether oxygens (including phenoxy) is 2. The quantitative estimate of drug-likeness (QED) is 0.653. The summed E-state index contributed by atoms with van der Waals surface area (Å²) in [5.74, 6) is 0.329. The molecule has 0 saturated heterocycles. The van der Waals surface area contributed by atoms with E-state index >= 15 is 0 Å². The Kier molecular flexibility index (Phi) is 7.10. The normalized spacial score (nSPS) is 12.3. The Morgan fingerprint density at radius 3 is 2.26 bits per heavy atom. The Hall–Kier alpha value is -2.70. The number of carbonyl (C=O) groups is 1. The van der Waals surface area contributed by atoms with Gasteiger partial charge >= 0.3 is 12.3 Å². The lowest BCUT2D eigenvalue weighted by Crippen LogP contribution is -2.30. The van der Waals surface area contributed by atoms with Gasteiger partial charge in [-0.3, -0.25) is 0 Å². The zero-order chi connectivity index (χ0) is 19.9. The fraction of sp³-hybridized carbons (Fsp3) is 0.350. The van der Waals surface area contributed by atoms with Crippen LogP contribution in [0.15, 0.2) is 54.6 Å². The van der Waals surface area contributed by atoms with E-state index in [2.05, 4.69) is 0 Å². The van der Waals surface area contributed by atoms with E-state index < -0.39 is 23.9 Å². The molecule has 0 bridgehead atoms. The fourth-order valence-electron chi connectivity index (χ4n) is 2.48. The molecule has 1 atom stereocenters. The van der Waals surface area contributed by atoms with Crippen molar-refractivity contribution in [2.24, 2.45) is 0 Å². The molecule has 0 saturated carbocycles. The third-order valence-electron chi connectivity index (χ3n) is 3.94. The van der Waals surface area contributed by atoms with E-state index in [0.29, 0.717) is 18.7 Å². The van der Waals surface area contributed by atoms with Gasteiger partial charge in [0.2, 0.25) is 0 Å². The van der Waals surface area contributed by atoms with Gasteiger partial charge in [-0.1, -0.05) is 30.3 Å². The van der Waals surface area contributed by atoms with Crippen LogP contribution in [-0.2, 0) is 10.9 Å². The number of hydrogen-bond acceptors (Lipinski definition) is 3. The summed E-state index contributed by atoms with van der Waals surface area (Å²) in [6, 6.07) is 13.9. The zero-order valence-electron chi connectivity index (χ0n) is 15.2. The second-order valence-corrected chi connectivity index (χ2v) is 5.95. The molecule has 0 aromatic heterocycles. The Morgan fingerprint density at radius 2 is 1.70 bits per heavy atom. The van der Waals surface area contributed by atoms with Crippen molar-refractivity contribution in [1.82, 2.24) is 4.90 Å². The second-order valence-electron chi connectivity index (χ2n) is 5.95. The van der Waals surface area contributed by atoms with Gasteiger partial charge in [-0.25, -0.2) is 4.79 Å². The molecule has 0 aliphatic heterocycles. The molecule has 0 spiro atoms. The van der Waals surface area contributed by atoms with E-state index in [1.807, 2.05) is 30.3 Å². The maximum absolute atomic E-state index is 12.7. The van der Waals surface area contributed by atoms with Crippen molar-refractivity contribution in [2.45, 2.75) is 25.6 Å². The van der Waals surface area contributed by atoms with Crippen LogP contribution in [0.25, 0.3) is 0 Å². The molecule has 7 heteroatoms. The van der Waals surface area contributed by atoms with Crippen molar-refractivity contribution < 1.29 is 27.4 Å². The smallest absolute Gasteiger partial charge is 0.416 e. The second kappa shape index (κ2) is 9.30. The summed E-state index contributed by atoms with van der Waals surface area (Å²) in [5, 5.41) is 0. The summed E-state index contributed by atoms with van der Waals surface area (Å²) in [6.07, 6.45) is -4.78. The van der Waals surface area contributed by atoms with Crippen LogP contribution >= 0.6 is 0 Å². The summed E-state index contributed by atoms with van der Waals surface area (Å²) in [6.45, 7) is 2.39. The molecule has 27 heavy (non-hydrogen) atoms. The van der Waals surface area contributed by atoms with E-state index in [9.17, 15) is 18.0 Å². The molecule has 2 aromatic rings. The standard InChI is InChI=1S/C20H22F3NO3/c1-3-26-19(25)24(2)14-13-18(15-7-5-4-6-8-15)27-17-11-9-16(10-12-17)20(21,22)23/h4-12,18H,3,13-14H2,1-2H3/t18-/m0/s1. The summed E-state index contributed by atoms with van der Waals surface area (Å²) < 4.78 is 49.0. The molecule has 0 heterocycles. The minimum Gasteiger partial charge on any atom is -0.486 e. The van der Waals surface area contributed by atoms with Gasteiger partial charge < -0.3 is 14.4 Å². The van der Waals surface area contributed by atoms with Crippen LogP contribution in [0.4, 0.5) is 18.0 Å². The predicted octanol–water partition coefficient (Wildman–Crippen LogP) is 5.30. The van der Waals surface area contributed by atoms with E-state index in [4.69, 9.17) is 9.47 Å². The number of carbonyl (C=O) groups excluding carboxylic acids is 1. The highest BCUT2D eigenvalue weighted by Crippen LogP contribution is 2.32. The fourth-order valence-corrected chi connectivity index (χ4v) is 2.48. The van der Waals surface area contributed by atoms with Crippen LogP contribution in [0.1, 0.15) is 30.6 Å². The van der Waals surface area contributed by atoms with E-state index in [1.165, 1.54) is 17.0 Å². The SMILES string of the molecule is CCOC(=O)N(C)CC[C@H](Oc1ccc(C(F)(F)F)cc1)c1ccccc1. The van der Waals surface area contributed by atoms with Gasteiger partial charge in [-0.05, 0) is 36.8 Å². The number of nitrogens with zero attached hydrogens (tertiary/aromatic N) is 1. The molecule has 2 rings (SSSR count).